The van der Waals surface area contributed by atoms with Crippen molar-refractivity contribution in [2.75, 3.05) is 13.1 Å². The lowest BCUT2D eigenvalue weighted by Gasteiger charge is -2.18. The Morgan fingerprint density at radius 2 is 1.70 bits per heavy atom. The zero-order valence-electron chi connectivity index (χ0n) is 17.9. The molecule has 0 bridgehead atoms. The lowest BCUT2D eigenvalue weighted by molar-refractivity contribution is 0.0944. The third kappa shape index (κ3) is 4.31. The van der Waals surface area contributed by atoms with Gasteiger partial charge in [0.15, 0.2) is 5.69 Å². The molecule has 1 aromatic heterocycles. The second-order valence-corrected chi connectivity index (χ2v) is 7.84. The van der Waals surface area contributed by atoms with Crippen molar-refractivity contribution in [2.24, 2.45) is 0 Å². The van der Waals surface area contributed by atoms with Crippen LogP contribution in [0, 0.1) is 0 Å². The van der Waals surface area contributed by atoms with Gasteiger partial charge >= 0.3 is 0 Å². The summed E-state index contributed by atoms with van der Waals surface area (Å²) in [6.45, 7) is 7.94. The van der Waals surface area contributed by atoms with Gasteiger partial charge in [-0.3, -0.25) is 9.69 Å². The standard InChI is InChI=1S/C25H30N4O/c1-3-28(4-2)18-20-15-13-19(14-16-20)17-26-25(30)24-22-11-8-12-23(22)29(27-24)21-9-6-5-7-10-21/h5-7,9-10,13-16H,3-4,8,11-12,17-18H2,1-2H3,(H,26,30). The van der Waals surface area contributed by atoms with E-state index in [1.807, 2.05) is 35.0 Å². The molecule has 156 valence electrons. The van der Waals surface area contributed by atoms with E-state index in [4.69, 9.17) is 0 Å². The summed E-state index contributed by atoms with van der Waals surface area (Å²) in [4.78, 5) is 15.3. The molecule has 5 heteroatoms. The SMILES string of the molecule is CCN(CC)Cc1ccc(CNC(=O)c2nn(-c3ccccc3)c3c2CCC3)cc1. The fourth-order valence-electron chi connectivity index (χ4n) is 4.14. The average Bonchev–Trinajstić information content (AvgIpc) is 3.40. The number of hydrogen-bond acceptors (Lipinski definition) is 3. The highest BCUT2D eigenvalue weighted by Crippen LogP contribution is 2.27. The highest BCUT2D eigenvalue weighted by atomic mass is 16.1. The number of amides is 1. The zero-order chi connectivity index (χ0) is 20.9. The highest BCUT2D eigenvalue weighted by Gasteiger charge is 2.26. The molecule has 0 saturated carbocycles. The number of nitrogens with one attached hydrogen (secondary N) is 1. The van der Waals surface area contributed by atoms with Gasteiger partial charge in [-0.2, -0.15) is 5.10 Å². The third-order valence-electron chi connectivity index (χ3n) is 5.92. The predicted molar refractivity (Wildman–Crippen MR) is 120 cm³/mol. The van der Waals surface area contributed by atoms with Gasteiger partial charge in [-0.15, -0.1) is 0 Å². The van der Waals surface area contributed by atoms with Gasteiger partial charge in [0, 0.05) is 24.3 Å². The van der Waals surface area contributed by atoms with E-state index in [9.17, 15) is 4.79 Å². The average molecular weight is 403 g/mol. The van der Waals surface area contributed by atoms with Crippen molar-refractivity contribution in [3.05, 3.63) is 82.7 Å². The molecule has 0 radical (unpaired) electrons. The molecule has 1 amide bonds. The van der Waals surface area contributed by atoms with Crippen molar-refractivity contribution < 1.29 is 4.79 Å². The molecule has 0 saturated heterocycles. The minimum absolute atomic E-state index is 0.0879. The molecule has 1 aliphatic carbocycles. The number of rotatable bonds is 8. The van der Waals surface area contributed by atoms with E-state index >= 15 is 0 Å². The van der Waals surface area contributed by atoms with Crippen molar-refractivity contribution in [1.29, 1.82) is 0 Å². The lowest BCUT2D eigenvalue weighted by atomic mass is 10.1. The first kappa shape index (κ1) is 20.4. The van der Waals surface area contributed by atoms with E-state index in [0.717, 1.165) is 55.7 Å². The number of aromatic nitrogens is 2. The van der Waals surface area contributed by atoms with E-state index < -0.39 is 0 Å². The molecule has 1 aliphatic rings. The van der Waals surface area contributed by atoms with Crippen LogP contribution in [0.2, 0.25) is 0 Å². The molecule has 1 heterocycles. The van der Waals surface area contributed by atoms with Crippen LogP contribution < -0.4 is 5.32 Å². The van der Waals surface area contributed by atoms with E-state index in [1.54, 1.807) is 0 Å². The number of hydrogen-bond donors (Lipinski definition) is 1. The molecule has 4 rings (SSSR count). The molecule has 5 nitrogen and oxygen atoms in total. The first-order chi connectivity index (χ1) is 14.7. The second-order valence-electron chi connectivity index (χ2n) is 7.84. The van der Waals surface area contributed by atoms with Crippen LogP contribution in [0.4, 0.5) is 0 Å². The number of fused-ring (bicyclic) bond motifs is 1. The number of carbonyl (C=O) groups is 1. The molecule has 30 heavy (non-hydrogen) atoms. The van der Waals surface area contributed by atoms with Gasteiger partial charge in [0.05, 0.1) is 5.69 Å². The lowest BCUT2D eigenvalue weighted by Crippen LogP contribution is -2.24. The maximum Gasteiger partial charge on any atom is 0.272 e. The van der Waals surface area contributed by atoms with Gasteiger partial charge in [-0.25, -0.2) is 4.68 Å². The molecule has 3 aromatic rings. The fourth-order valence-corrected chi connectivity index (χ4v) is 4.14. The summed E-state index contributed by atoms with van der Waals surface area (Å²) in [5, 5.41) is 7.75. The summed E-state index contributed by atoms with van der Waals surface area (Å²) in [5.74, 6) is -0.0879. The van der Waals surface area contributed by atoms with Crippen molar-refractivity contribution >= 4 is 5.91 Å². The van der Waals surface area contributed by atoms with Crippen LogP contribution in [0.1, 0.15) is 53.1 Å². The number of benzene rings is 2. The molecular formula is C25H30N4O. The van der Waals surface area contributed by atoms with Crippen molar-refractivity contribution in [3.8, 4) is 5.69 Å². The highest BCUT2D eigenvalue weighted by molar-refractivity contribution is 5.94. The van der Waals surface area contributed by atoms with Crippen molar-refractivity contribution in [3.63, 3.8) is 0 Å². The fraction of sp³-hybridized carbons (Fsp3) is 0.360. The van der Waals surface area contributed by atoms with Gasteiger partial charge in [0.2, 0.25) is 0 Å². The zero-order valence-corrected chi connectivity index (χ0v) is 17.9. The van der Waals surface area contributed by atoms with Gasteiger partial charge in [0.25, 0.3) is 5.91 Å². The minimum Gasteiger partial charge on any atom is -0.347 e. The molecule has 0 aliphatic heterocycles. The quantitative estimate of drug-likeness (QED) is 0.616. The van der Waals surface area contributed by atoms with Gasteiger partial charge in [0.1, 0.15) is 0 Å². The first-order valence-corrected chi connectivity index (χ1v) is 10.9. The molecule has 1 N–H and O–H groups in total. The summed E-state index contributed by atoms with van der Waals surface area (Å²) < 4.78 is 1.94. The van der Waals surface area contributed by atoms with Gasteiger partial charge in [-0.05, 0) is 55.6 Å². The Bertz CT molecular complexity index is 988. The number of para-hydroxylation sites is 1. The van der Waals surface area contributed by atoms with E-state index in [0.29, 0.717) is 12.2 Å². The van der Waals surface area contributed by atoms with Crippen LogP contribution in [0.3, 0.4) is 0 Å². The largest absolute Gasteiger partial charge is 0.347 e. The third-order valence-corrected chi connectivity index (χ3v) is 5.92. The topological polar surface area (TPSA) is 50.2 Å². The van der Waals surface area contributed by atoms with Crippen LogP contribution in [0.5, 0.6) is 0 Å². The second kappa shape index (κ2) is 9.26. The van der Waals surface area contributed by atoms with E-state index in [1.165, 1.54) is 11.3 Å². The number of carbonyl (C=O) groups excluding carboxylic acids is 1. The predicted octanol–water partition coefficient (Wildman–Crippen LogP) is 4.13. The molecule has 2 aromatic carbocycles. The summed E-state index contributed by atoms with van der Waals surface area (Å²) in [6, 6.07) is 18.6. The minimum atomic E-state index is -0.0879. The van der Waals surface area contributed by atoms with E-state index in [2.05, 4.69) is 53.4 Å². The first-order valence-electron chi connectivity index (χ1n) is 10.9. The monoisotopic (exact) mass is 402 g/mol. The Morgan fingerprint density at radius 3 is 2.40 bits per heavy atom. The summed E-state index contributed by atoms with van der Waals surface area (Å²) in [7, 11) is 0. The van der Waals surface area contributed by atoms with Crippen LogP contribution in [0.15, 0.2) is 54.6 Å². The van der Waals surface area contributed by atoms with Crippen molar-refractivity contribution in [1.82, 2.24) is 20.0 Å². The maximum atomic E-state index is 12.9. The van der Waals surface area contributed by atoms with E-state index in [-0.39, 0.29) is 5.91 Å². The smallest absolute Gasteiger partial charge is 0.272 e. The normalized spacial score (nSPS) is 12.9. The summed E-state index contributed by atoms with van der Waals surface area (Å²) in [5.41, 5.74) is 6.26. The van der Waals surface area contributed by atoms with Crippen LogP contribution in [-0.4, -0.2) is 33.7 Å². The van der Waals surface area contributed by atoms with Crippen LogP contribution in [0.25, 0.3) is 5.69 Å². The van der Waals surface area contributed by atoms with Gasteiger partial charge < -0.3 is 5.32 Å². The van der Waals surface area contributed by atoms with Gasteiger partial charge in [-0.1, -0.05) is 56.3 Å². The molecule has 0 atom stereocenters. The summed E-state index contributed by atoms with van der Waals surface area (Å²) >= 11 is 0. The molecule has 0 unspecified atom stereocenters. The summed E-state index contributed by atoms with van der Waals surface area (Å²) in [6.07, 6.45) is 2.97. The van der Waals surface area contributed by atoms with Crippen LogP contribution in [-0.2, 0) is 25.9 Å². The van der Waals surface area contributed by atoms with Crippen LogP contribution >= 0.6 is 0 Å². The Balaban J connectivity index is 1.44. The Morgan fingerprint density at radius 1 is 1.00 bits per heavy atom. The number of nitrogens with zero attached hydrogens (tertiary/aromatic N) is 3. The molecular weight excluding hydrogens is 372 g/mol. The Labute approximate surface area is 178 Å². The molecule has 0 spiro atoms. The Hall–Kier alpha value is -2.92. The molecule has 0 fully saturated rings. The maximum absolute atomic E-state index is 12.9. The Kier molecular flexibility index (Phi) is 6.29. The van der Waals surface area contributed by atoms with Crippen molar-refractivity contribution in [2.45, 2.75) is 46.2 Å².